The van der Waals surface area contributed by atoms with Gasteiger partial charge < -0.3 is 0 Å². The van der Waals surface area contributed by atoms with Crippen LogP contribution in [0, 0.1) is 23.1 Å². The van der Waals surface area contributed by atoms with E-state index in [0.29, 0.717) is 4.90 Å². The first-order chi connectivity index (χ1) is 8.38. The lowest BCUT2D eigenvalue weighted by Gasteiger charge is -2.06. The Morgan fingerprint density at radius 2 is 2.00 bits per heavy atom. The van der Waals surface area contributed by atoms with Crippen molar-refractivity contribution in [3.63, 3.8) is 0 Å². The fraction of sp³-hybridized carbons (Fsp3) is 0.400. The minimum atomic E-state index is -0.281. The molecule has 0 unspecified atom stereocenters. The van der Waals surface area contributed by atoms with Gasteiger partial charge in [-0.2, -0.15) is 0 Å². The molecule has 1 aromatic rings. The summed E-state index contributed by atoms with van der Waals surface area (Å²) in [6.07, 6.45) is 0.235. The number of carbonyl (C=O) groups is 1. The molecular weight excluding hydrogens is 247 g/mol. The van der Waals surface area contributed by atoms with Gasteiger partial charge in [-0.1, -0.05) is 24.0 Å². The summed E-state index contributed by atoms with van der Waals surface area (Å²) in [6, 6.07) is 6.46. The van der Waals surface area contributed by atoms with Gasteiger partial charge in [0.15, 0.2) is 5.78 Å². The Balaban J connectivity index is 2.43. The van der Waals surface area contributed by atoms with Crippen LogP contribution in [-0.2, 0) is 4.79 Å². The van der Waals surface area contributed by atoms with Gasteiger partial charge in [-0.3, -0.25) is 4.79 Å². The van der Waals surface area contributed by atoms with Crippen molar-refractivity contribution < 1.29 is 9.18 Å². The highest BCUT2D eigenvalue weighted by molar-refractivity contribution is 8.00. The highest BCUT2D eigenvalue weighted by atomic mass is 32.2. The Morgan fingerprint density at radius 3 is 2.61 bits per heavy atom. The summed E-state index contributed by atoms with van der Waals surface area (Å²) in [5.74, 6) is 5.89. The topological polar surface area (TPSA) is 17.1 Å². The zero-order valence-electron chi connectivity index (χ0n) is 10.9. The Hall–Kier alpha value is -1.27. The number of rotatable bonds is 4. The van der Waals surface area contributed by atoms with Crippen molar-refractivity contribution in [2.45, 2.75) is 32.1 Å². The van der Waals surface area contributed by atoms with Gasteiger partial charge in [0.25, 0.3) is 0 Å². The predicted octanol–water partition coefficient (Wildman–Crippen LogP) is 3.93. The van der Waals surface area contributed by atoms with Crippen molar-refractivity contribution in [1.82, 2.24) is 0 Å². The van der Waals surface area contributed by atoms with Crippen molar-refractivity contribution in [3.8, 4) is 11.8 Å². The summed E-state index contributed by atoms with van der Waals surface area (Å²) in [7, 11) is 0. The van der Waals surface area contributed by atoms with E-state index in [0.717, 1.165) is 0 Å². The largest absolute Gasteiger partial charge is 0.298 e. The van der Waals surface area contributed by atoms with E-state index in [1.54, 1.807) is 18.2 Å². The van der Waals surface area contributed by atoms with Gasteiger partial charge in [-0.15, -0.1) is 11.8 Å². The number of benzene rings is 1. The van der Waals surface area contributed by atoms with Crippen LogP contribution in [0.15, 0.2) is 29.2 Å². The normalized spacial score (nSPS) is 10.7. The highest BCUT2D eigenvalue weighted by Crippen LogP contribution is 2.21. The zero-order chi connectivity index (χ0) is 13.6. The monoisotopic (exact) mass is 264 g/mol. The lowest BCUT2D eigenvalue weighted by Crippen LogP contribution is -2.02. The highest BCUT2D eigenvalue weighted by Gasteiger charge is 2.06. The third-order valence-corrected chi connectivity index (χ3v) is 3.08. The molecule has 0 N–H and O–H groups in total. The van der Waals surface area contributed by atoms with E-state index in [9.17, 15) is 9.18 Å². The minimum absolute atomic E-state index is 0.0278. The van der Waals surface area contributed by atoms with Gasteiger partial charge in [0.2, 0.25) is 0 Å². The lowest BCUT2D eigenvalue weighted by molar-refractivity contribution is -0.115. The van der Waals surface area contributed by atoms with E-state index in [-0.39, 0.29) is 29.2 Å². The van der Waals surface area contributed by atoms with E-state index in [2.05, 4.69) is 11.8 Å². The van der Waals surface area contributed by atoms with E-state index in [4.69, 9.17) is 0 Å². The number of halogens is 1. The maximum Gasteiger partial charge on any atom is 0.154 e. The molecule has 0 bridgehead atoms. The van der Waals surface area contributed by atoms with Crippen LogP contribution in [0.4, 0.5) is 4.39 Å². The summed E-state index contributed by atoms with van der Waals surface area (Å²) in [5.41, 5.74) is -0.0844. The average molecular weight is 264 g/mol. The van der Waals surface area contributed by atoms with Crippen molar-refractivity contribution in [2.75, 3.05) is 5.75 Å². The van der Waals surface area contributed by atoms with E-state index in [1.807, 2.05) is 20.8 Å². The summed E-state index contributed by atoms with van der Waals surface area (Å²) >= 11 is 1.22. The first-order valence-electron chi connectivity index (χ1n) is 5.77. The molecule has 1 nitrogen and oxygen atoms in total. The fourth-order valence-electron chi connectivity index (χ4n) is 1.18. The summed E-state index contributed by atoms with van der Waals surface area (Å²) in [6.45, 7) is 6.00. The molecule has 0 aliphatic heterocycles. The van der Waals surface area contributed by atoms with Crippen LogP contribution < -0.4 is 0 Å². The lowest BCUT2D eigenvalue weighted by atomic mass is 9.98. The van der Waals surface area contributed by atoms with Crippen LogP contribution in [0.5, 0.6) is 0 Å². The van der Waals surface area contributed by atoms with E-state index >= 15 is 0 Å². The average Bonchev–Trinajstić information content (AvgIpc) is 2.26. The molecule has 18 heavy (non-hydrogen) atoms. The van der Waals surface area contributed by atoms with Crippen molar-refractivity contribution in [1.29, 1.82) is 0 Å². The number of carbonyl (C=O) groups excluding carboxylic acids is 1. The molecular formula is C15H17FOS. The number of hydrogen-bond donors (Lipinski definition) is 0. The van der Waals surface area contributed by atoms with Crippen LogP contribution in [0.3, 0.4) is 0 Å². The molecule has 0 saturated carbocycles. The minimum Gasteiger partial charge on any atom is -0.298 e. The molecule has 0 aliphatic carbocycles. The zero-order valence-corrected chi connectivity index (χ0v) is 11.7. The first-order valence-corrected chi connectivity index (χ1v) is 6.76. The van der Waals surface area contributed by atoms with Gasteiger partial charge in [0.1, 0.15) is 5.82 Å². The standard InChI is InChI=1S/C15H17FOS/c1-15(2,3)10-6-7-12(17)11-18-14-9-5-4-8-13(14)16/h4-5,8-9H,7,11H2,1-3H3. The second kappa shape index (κ2) is 6.61. The van der Waals surface area contributed by atoms with Crippen LogP contribution >= 0.6 is 11.8 Å². The van der Waals surface area contributed by atoms with E-state index in [1.165, 1.54) is 17.8 Å². The summed E-state index contributed by atoms with van der Waals surface area (Å²) in [4.78, 5) is 12.1. The predicted molar refractivity (Wildman–Crippen MR) is 74.0 cm³/mol. The van der Waals surface area contributed by atoms with Crippen LogP contribution in [-0.4, -0.2) is 11.5 Å². The maximum atomic E-state index is 13.3. The Morgan fingerprint density at radius 1 is 1.33 bits per heavy atom. The van der Waals surface area contributed by atoms with Crippen LogP contribution in [0.1, 0.15) is 27.2 Å². The number of ketones is 1. The molecule has 0 spiro atoms. The van der Waals surface area contributed by atoms with Crippen LogP contribution in [0.25, 0.3) is 0 Å². The molecule has 0 saturated heterocycles. The van der Waals surface area contributed by atoms with Crippen LogP contribution in [0.2, 0.25) is 0 Å². The van der Waals surface area contributed by atoms with Gasteiger partial charge in [-0.25, -0.2) is 4.39 Å². The Labute approximate surface area is 112 Å². The van der Waals surface area contributed by atoms with Gasteiger partial charge in [0, 0.05) is 10.3 Å². The molecule has 1 aromatic carbocycles. The fourth-order valence-corrected chi connectivity index (χ4v) is 1.98. The molecule has 0 amide bonds. The number of thioether (sulfide) groups is 1. The molecule has 0 aliphatic rings. The second-order valence-electron chi connectivity index (χ2n) is 4.99. The summed E-state index contributed by atoms with van der Waals surface area (Å²) in [5, 5.41) is 0. The number of Topliss-reactive ketones (excluding diaryl/α,β-unsaturated/α-hetero) is 1. The number of hydrogen-bond acceptors (Lipinski definition) is 2. The Kier molecular flexibility index (Phi) is 5.43. The maximum absolute atomic E-state index is 13.3. The van der Waals surface area contributed by atoms with Gasteiger partial charge in [-0.05, 0) is 32.9 Å². The quantitative estimate of drug-likeness (QED) is 0.605. The van der Waals surface area contributed by atoms with Gasteiger partial charge in [0.05, 0.1) is 12.2 Å². The first kappa shape index (κ1) is 14.8. The molecule has 3 heteroatoms. The second-order valence-corrected chi connectivity index (χ2v) is 6.00. The molecule has 0 atom stereocenters. The molecule has 96 valence electrons. The Bertz CT molecular complexity index is 477. The van der Waals surface area contributed by atoms with Crippen molar-refractivity contribution >= 4 is 17.5 Å². The molecule has 0 fully saturated rings. The molecule has 0 radical (unpaired) electrons. The smallest absolute Gasteiger partial charge is 0.154 e. The molecule has 0 heterocycles. The molecule has 0 aromatic heterocycles. The van der Waals surface area contributed by atoms with Gasteiger partial charge >= 0.3 is 0 Å². The third-order valence-electron chi connectivity index (χ3n) is 1.97. The van der Waals surface area contributed by atoms with E-state index < -0.39 is 0 Å². The van der Waals surface area contributed by atoms with Crippen molar-refractivity contribution in [3.05, 3.63) is 30.1 Å². The third kappa shape index (κ3) is 5.88. The van der Waals surface area contributed by atoms with Crippen molar-refractivity contribution in [2.24, 2.45) is 5.41 Å². The molecule has 1 rings (SSSR count). The SMILES string of the molecule is CC(C)(C)C#CCC(=O)CSc1ccccc1F. The summed E-state index contributed by atoms with van der Waals surface area (Å²) < 4.78 is 13.3.